The van der Waals surface area contributed by atoms with Gasteiger partial charge in [-0.3, -0.25) is 4.79 Å². The first kappa shape index (κ1) is 21.2. The molecular formula is C26H25N3O4. The molecule has 1 aliphatic heterocycles. The zero-order valence-electron chi connectivity index (χ0n) is 18.0. The fourth-order valence-electron chi connectivity index (χ4n) is 4.09. The van der Waals surface area contributed by atoms with Crippen LogP contribution in [0.15, 0.2) is 73.1 Å². The molecule has 3 heterocycles. The van der Waals surface area contributed by atoms with E-state index in [1.54, 1.807) is 36.7 Å². The first-order valence-electron chi connectivity index (χ1n) is 11.0. The molecule has 3 N–H and O–H groups in total. The first-order valence-corrected chi connectivity index (χ1v) is 11.0. The number of rotatable bonds is 7. The van der Waals surface area contributed by atoms with Crippen molar-refractivity contribution >= 4 is 22.5 Å². The van der Waals surface area contributed by atoms with Gasteiger partial charge in [0, 0.05) is 29.7 Å². The normalized spacial score (nSPS) is 18.2. The van der Waals surface area contributed by atoms with Crippen LogP contribution in [0.4, 0.5) is 5.69 Å². The molecule has 0 saturated carbocycles. The second-order valence-corrected chi connectivity index (χ2v) is 8.11. The van der Waals surface area contributed by atoms with E-state index in [1.165, 1.54) is 0 Å². The number of para-hydroxylation sites is 1. The summed E-state index contributed by atoms with van der Waals surface area (Å²) in [5.41, 5.74) is 2.61. The number of H-pyrrole nitrogens is 1. The average molecular weight is 444 g/mol. The van der Waals surface area contributed by atoms with E-state index in [4.69, 9.17) is 9.47 Å². The Balaban J connectivity index is 1.36. The Hall–Kier alpha value is -3.68. The van der Waals surface area contributed by atoms with Crippen molar-refractivity contribution in [1.29, 1.82) is 0 Å². The van der Waals surface area contributed by atoms with Crippen molar-refractivity contribution in [2.75, 3.05) is 18.5 Å². The van der Waals surface area contributed by atoms with E-state index in [-0.39, 0.29) is 24.5 Å². The maximum atomic E-state index is 13.3. The molecule has 0 unspecified atom stereocenters. The molecule has 7 nitrogen and oxygen atoms in total. The number of carbonyl (C=O) groups is 1. The number of benzene rings is 2. The molecule has 33 heavy (non-hydrogen) atoms. The number of aromatic amines is 1. The van der Waals surface area contributed by atoms with Crippen LogP contribution in [0.3, 0.4) is 0 Å². The second kappa shape index (κ2) is 9.44. The number of carbonyl (C=O) groups excluding carboxylic acids is 1. The van der Waals surface area contributed by atoms with Crippen molar-refractivity contribution in [2.45, 2.75) is 25.0 Å². The SMILES string of the molecule is O=C(c1ccc(Oc2ccccc2)cc1)c1c[nH]c2nccc(N[C@@H]3CC[C@@H](CO)OC3)c12. The van der Waals surface area contributed by atoms with E-state index in [0.717, 1.165) is 29.7 Å². The summed E-state index contributed by atoms with van der Waals surface area (Å²) in [6.07, 6.45) is 4.99. The summed E-state index contributed by atoms with van der Waals surface area (Å²) < 4.78 is 11.5. The van der Waals surface area contributed by atoms with Crippen molar-refractivity contribution in [2.24, 2.45) is 0 Å². The lowest BCUT2D eigenvalue weighted by Crippen LogP contribution is -2.36. The number of aromatic nitrogens is 2. The van der Waals surface area contributed by atoms with Crippen molar-refractivity contribution in [1.82, 2.24) is 9.97 Å². The van der Waals surface area contributed by atoms with Gasteiger partial charge in [0.2, 0.25) is 0 Å². The van der Waals surface area contributed by atoms with Crippen LogP contribution in [0.25, 0.3) is 11.0 Å². The molecule has 0 aliphatic carbocycles. The van der Waals surface area contributed by atoms with Crippen molar-refractivity contribution in [3.05, 3.63) is 84.2 Å². The number of ketones is 1. The highest BCUT2D eigenvalue weighted by atomic mass is 16.5. The fraction of sp³-hybridized carbons (Fsp3) is 0.231. The van der Waals surface area contributed by atoms with Crippen molar-refractivity contribution < 1.29 is 19.4 Å². The van der Waals surface area contributed by atoms with Crippen LogP contribution >= 0.6 is 0 Å². The van der Waals surface area contributed by atoms with Gasteiger partial charge in [-0.25, -0.2) is 4.98 Å². The minimum atomic E-state index is -0.0984. The molecule has 2 aromatic heterocycles. The van der Waals surface area contributed by atoms with E-state index < -0.39 is 0 Å². The lowest BCUT2D eigenvalue weighted by atomic mass is 10.0. The summed E-state index contributed by atoms with van der Waals surface area (Å²) >= 11 is 0. The van der Waals surface area contributed by atoms with Gasteiger partial charge in [0.05, 0.1) is 30.3 Å². The van der Waals surface area contributed by atoms with Gasteiger partial charge < -0.3 is 24.9 Å². The Labute approximate surface area is 191 Å². The quantitative estimate of drug-likeness (QED) is 0.363. The third-order valence-electron chi connectivity index (χ3n) is 5.85. The Morgan fingerprint density at radius 3 is 2.61 bits per heavy atom. The monoisotopic (exact) mass is 443 g/mol. The van der Waals surface area contributed by atoms with E-state index >= 15 is 0 Å². The average Bonchev–Trinajstić information content (AvgIpc) is 3.30. The zero-order valence-corrected chi connectivity index (χ0v) is 18.0. The molecule has 1 fully saturated rings. The molecule has 7 heteroatoms. The maximum absolute atomic E-state index is 13.3. The number of aliphatic hydroxyl groups is 1. The summed E-state index contributed by atoms with van der Waals surface area (Å²) in [7, 11) is 0. The molecular weight excluding hydrogens is 418 g/mol. The minimum absolute atomic E-state index is 0.0395. The molecule has 2 atom stereocenters. The van der Waals surface area contributed by atoms with Gasteiger partial charge in [-0.2, -0.15) is 0 Å². The Morgan fingerprint density at radius 2 is 1.88 bits per heavy atom. The number of ether oxygens (including phenoxy) is 2. The number of pyridine rings is 1. The Bertz CT molecular complexity index is 1230. The van der Waals surface area contributed by atoms with Gasteiger partial charge in [-0.05, 0) is 55.3 Å². The molecule has 1 saturated heterocycles. The highest BCUT2D eigenvalue weighted by Crippen LogP contribution is 2.30. The Morgan fingerprint density at radius 1 is 1.09 bits per heavy atom. The predicted octanol–water partition coefficient (Wildman–Crippen LogP) is 4.54. The van der Waals surface area contributed by atoms with Gasteiger partial charge in [0.25, 0.3) is 0 Å². The zero-order chi connectivity index (χ0) is 22.6. The van der Waals surface area contributed by atoms with Crippen LogP contribution in [0.5, 0.6) is 11.5 Å². The molecule has 5 rings (SSSR count). The molecule has 168 valence electrons. The van der Waals surface area contributed by atoms with Crippen LogP contribution < -0.4 is 10.1 Å². The maximum Gasteiger partial charge on any atom is 0.195 e. The summed E-state index contributed by atoms with van der Waals surface area (Å²) in [5.74, 6) is 1.31. The van der Waals surface area contributed by atoms with Crippen LogP contribution in [0.1, 0.15) is 28.8 Å². The number of nitrogens with zero attached hydrogens (tertiary/aromatic N) is 1. The topological polar surface area (TPSA) is 96.5 Å². The third-order valence-corrected chi connectivity index (χ3v) is 5.85. The lowest BCUT2D eigenvalue weighted by molar-refractivity contribution is -0.0223. The van der Waals surface area contributed by atoms with Crippen LogP contribution in [0, 0.1) is 0 Å². The highest BCUT2D eigenvalue weighted by molar-refractivity contribution is 6.18. The number of fused-ring (bicyclic) bond motifs is 1. The van der Waals surface area contributed by atoms with E-state index in [2.05, 4.69) is 15.3 Å². The summed E-state index contributed by atoms with van der Waals surface area (Å²) in [6, 6.07) is 18.6. The largest absolute Gasteiger partial charge is 0.457 e. The minimum Gasteiger partial charge on any atom is -0.457 e. The number of hydrogen-bond acceptors (Lipinski definition) is 6. The van der Waals surface area contributed by atoms with Crippen LogP contribution in [-0.4, -0.2) is 46.2 Å². The molecule has 2 aromatic carbocycles. The summed E-state index contributed by atoms with van der Waals surface area (Å²) in [4.78, 5) is 20.9. The van der Waals surface area contributed by atoms with E-state index in [9.17, 15) is 9.90 Å². The van der Waals surface area contributed by atoms with Gasteiger partial charge in [-0.15, -0.1) is 0 Å². The van der Waals surface area contributed by atoms with Crippen molar-refractivity contribution in [3.63, 3.8) is 0 Å². The molecule has 1 aliphatic rings. The van der Waals surface area contributed by atoms with Gasteiger partial charge in [0.1, 0.15) is 17.1 Å². The van der Waals surface area contributed by atoms with Crippen LogP contribution in [0.2, 0.25) is 0 Å². The molecule has 0 spiro atoms. The molecule has 0 radical (unpaired) electrons. The smallest absolute Gasteiger partial charge is 0.195 e. The number of hydrogen-bond donors (Lipinski definition) is 3. The van der Waals surface area contributed by atoms with E-state index in [0.29, 0.717) is 29.1 Å². The fourth-order valence-corrected chi connectivity index (χ4v) is 4.09. The van der Waals surface area contributed by atoms with Crippen molar-refractivity contribution in [3.8, 4) is 11.5 Å². The van der Waals surface area contributed by atoms with Crippen LogP contribution in [-0.2, 0) is 4.74 Å². The number of aliphatic hydroxyl groups excluding tert-OH is 1. The van der Waals surface area contributed by atoms with Gasteiger partial charge in [-0.1, -0.05) is 18.2 Å². The third kappa shape index (κ3) is 4.60. The lowest BCUT2D eigenvalue weighted by Gasteiger charge is -2.29. The molecule has 4 aromatic rings. The van der Waals surface area contributed by atoms with E-state index in [1.807, 2.05) is 36.4 Å². The molecule has 0 bridgehead atoms. The summed E-state index contributed by atoms with van der Waals surface area (Å²) in [6.45, 7) is 0.545. The summed E-state index contributed by atoms with van der Waals surface area (Å²) in [5, 5.41) is 13.5. The number of nitrogens with one attached hydrogen (secondary N) is 2. The Kier molecular flexibility index (Phi) is 6.06. The molecule has 0 amide bonds. The first-order chi connectivity index (χ1) is 16.2. The van der Waals surface area contributed by atoms with Gasteiger partial charge in [0.15, 0.2) is 5.78 Å². The number of anilines is 1. The second-order valence-electron chi connectivity index (χ2n) is 8.11. The predicted molar refractivity (Wildman–Crippen MR) is 126 cm³/mol. The standard InChI is InChI=1S/C26H25N3O4/c30-15-21-11-8-18(16-32-21)29-23-12-13-27-26-24(23)22(14-28-26)25(31)17-6-9-20(10-7-17)33-19-4-2-1-3-5-19/h1-7,9-10,12-14,18,21,30H,8,11,15-16H2,(H2,27,28,29)/t18-,21+/m1/s1. The van der Waals surface area contributed by atoms with Gasteiger partial charge >= 0.3 is 0 Å². The highest BCUT2D eigenvalue weighted by Gasteiger charge is 2.23.